The van der Waals surface area contributed by atoms with Crippen LogP contribution in [0.1, 0.15) is 123 Å². The minimum Gasteiger partial charge on any atom is -0.462 e. The van der Waals surface area contributed by atoms with Crippen molar-refractivity contribution in [3.05, 3.63) is 72.9 Å². The highest BCUT2D eigenvalue weighted by Gasteiger charge is 2.22. The molecule has 0 aromatic carbocycles. The van der Waals surface area contributed by atoms with Gasteiger partial charge in [0.25, 0.3) is 0 Å². The number of unbranched alkanes of at least 4 members (excludes halogenated alkanes) is 7. The summed E-state index contributed by atoms with van der Waals surface area (Å²) in [5.41, 5.74) is 0. The first-order chi connectivity index (χ1) is 21.8. The van der Waals surface area contributed by atoms with E-state index in [2.05, 4.69) is 79.1 Å². The van der Waals surface area contributed by atoms with E-state index in [4.69, 9.17) is 19.3 Å². The Bertz CT molecular complexity index is 958. The van der Waals surface area contributed by atoms with Crippen LogP contribution in [0.25, 0.3) is 0 Å². The van der Waals surface area contributed by atoms with E-state index >= 15 is 0 Å². The van der Waals surface area contributed by atoms with Crippen molar-refractivity contribution in [1.29, 1.82) is 0 Å². The number of esters is 2. The predicted octanol–water partition coefficient (Wildman–Crippen LogP) is 9.56. The van der Waals surface area contributed by atoms with E-state index in [-0.39, 0.29) is 19.4 Å². The molecule has 0 heterocycles. The third-order valence-electron chi connectivity index (χ3n) is 6.50. The molecule has 0 aliphatic rings. The molecule has 2 N–H and O–H groups in total. The molecule has 0 saturated carbocycles. The first kappa shape index (κ1) is 42.5. The van der Waals surface area contributed by atoms with Gasteiger partial charge in [-0.25, -0.2) is 4.57 Å². The fourth-order valence-corrected chi connectivity index (χ4v) is 4.40. The molecule has 0 radical (unpaired) electrons. The zero-order valence-electron chi connectivity index (χ0n) is 27.7. The van der Waals surface area contributed by atoms with Gasteiger partial charge in [-0.05, 0) is 51.4 Å². The van der Waals surface area contributed by atoms with Gasteiger partial charge in [0, 0.05) is 12.8 Å². The maximum absolute atomic E-state index is 12.3. The van der Waals surface area contributed by atoms with Crippen LogP contribution in [0.2, 0.25) is 0 Å². The molecule has 45 heavy (non-hydrogen) atoms. The molecular weight excluding hydrogens is 591 g/mol. The summed E-state index contributed by atoms with van der Waals surface area (Å²) in [5.74, 6) is -0.996. The highest BCUT2D eigenvalue weighted by molar-refractivity contribution is 7.46. The van der Waals surface area contributed by atoms with E-state index < -0.39 is 32.5 Å². The molecule has 256 valence electrons. The molecule has 9 heteroatoms. The number of rotatable bonds is 29. The van der Waals surface area contributed by atoms with Crippen molar-refractivity contribution >= 4 is 19.8 Å². The van der Waals surface area contributed by atoms with Crippen molar-refractivity contribution in [2.24, 2.45) is 0 Å². The lowest BCUT2D eigenvalue weighted by Gasteiger charge is -2.18. The van der Waals surface area contributed by atoms with Crippen LogP contribution in [0.3, 0.4) is 0 Å². The third-order valence-corrected chi connectivity index (χ3v) is 6.99. The Morgan fingerprint density at radius 2 is 1.07 bits per heavy atom. The summed E-state index contributed by atoms with van der Waals surface area (Å²) >= 11 is 0. The molecule has 0 aromatic heterocycles. The maximum Gasteiger partial charge on any atom is 0.469 e. The summed E-state index contributed by atoms with van der Waals surface area (Å²) in [7, 11) is -4.76. The molecule has 0 amide bonds. The second kappa shape index (κ2) is 31.5. The normalized spacial score (nSPS) is 13.4. The van der Waals surface area contributed by atoms with Gasteiger partial charge in [-0.3, -0.25) is 14.1 Å². The van der Waals surface area contributed by atoms with Crippen molar-refractivity contribution in [2.75, 3.05) is 13.2 Å². The highest BCUT2D eigenvalue weighted by atomic mass is 31.2. The lowest BCUT2D eigenvalue weighted by Crippen LogP contribution is -2.29. The first-order valence-electron chi connectivity index (χ1n) is 16.7. The Morgan fingerprint density at radius 3 is 1.56 bits per heavy atom. The van der Waals surface area contributed by atoms with E-state index in [1.807, 2.05) is 12.2 Å². The summed E-state index contributed by atoms with van der Waals surface area (Å²) in [6, 6.07) is 0. The number of hydrogen-bond acceptors (Lipinski definition) is 6. The van der Waals surface area contributed by atoms with Crippen LogP contribution < -0.4 is 0 Å². The van der Waals surface area contributed by atoms with Crippen molar-refractivity contribution in [3.8, 4) is 0 Å². The second-order valence-corrected chi connectivity index (χ2v) is 12.0. The minimum absolute atomic E-state index is 0.0841. The van der Waals surface area contributed by atoms with Gasteiger partial charge in [0.05, 0.1) is 6.61 Å². The zero-order valence-corrected chi connectivity index (χ0v) is 28.6. The lowest BCUT2D eigenvalue weighted by atomic mass is 10.1. The fourth-order valence-electron chi connectivity index (χ4n) is 4.04. The molecule has 0 bridgehead atoms. The van der Waals surface area contributed by atoms with Gasteiger partial charge in [-0.15, -0.1) is 0 Å². The van der Waals surface area contributed by atoms with Crippen LogP contribution in [0, 0.1) is 0 Å². The number of ether oxygens (including phenoxy) is 2. The van der Waals surface area contributed by atoms with Crippen LogP contribution in [0.4, 0.5) is 0 Å². The topological polar surface area (TPSA) is 119 Å². The predicted molar refractivity (Wildman–Crippen MR) is 184 cm³/mol. The van der Waals surface area contributed by atoms with Crippen LogP contribution in [0.15, 0.2) is 72.9 Å². The van der Waals surface area contributed by atoms with Crippen molar-refractivity contribution in [2.45, 2.75) is 129 Å². The largest absolute Gasteiger partial charge is 0.469 e. The average molecular weight is 651 g/mol. The number of carbonyl (C=O) groups is 2. The molecule has 0 aromatic rings. The number of allylic oxidation sites excluding steroid dienone is 12. The maximum atomic E-state index is 12.3. The van der Waals surface area contributed by atoms with Crippen molar-refractivity contribution < 1.29 is 37.9 Å². The smallest absolute Gasteiger partial charge is 0.462 e. The van der Waals surface area contributed by atoms with E-state index in [1.54, 1.807) is 0 Å². The number of carbonyl (C=O) groups excluding carboxylic acids is 2. The summed E-state index contributed by atoms with van der Waals surface area (Å²) in [4.78, 5) is 42.4. The summed E-state index contributed by atoms with van der Waals surface area (Å²) in [6.45, 7) is 3.43. The van der Waals surface area contributed by atoms with Gasteiger partial charge in [0.1, 0.15) is 6.61 Å². The molecule has 1 atom stereocenters. The van der Waals surface area contributed by atoms with Crippen LogP contribution in [0.5, 0.6) is 0 Å². The van der Waals surface area contributed by atoms with E-state index in [9.17, 15) is 14.2 Å². The van der Waals surface area contributed by atoms with Gasteiger partial charge in [0.2, 0.25) is 0 Å². The highest BCUT2D eigenvalue weighted by Crippen LogP contribution is 2.35. The Balaban J connectivity index is 4.17. The number of hydrogen-bond donors (Lipinski definition) is 2. The molecule has 0 fully saturated rings. The SMILES string of the molecule is CC/C=C\C/C=C\C/C=C\C/C=C\C/C=C\C/C=C\CCC(=O)OC(COC(=O)CCCCCCCCCC)COP(=O)(O)O. The Labute approximate surface area is 272 Å². The molecule has 0 saturated heterocycles. The molecule has 8 nitrogen and oxygen atoms in total. The zero-order chi connectivity index (χ0) is 33.3. The molecule has 1 unspecified atom stereocenters. The Hall–Kier alpha value is -2.51. The molecular formula is C36H59O8P. The van der Waals surface area contributed by atoms with Crippen molar-refractivity contribution in [3.63, 3.8) is 0 Å². The average Bonchev–Trinajstić information content (AvgIpc) is 3.00. The van der Waals surface area contributed by atoms with E-state index in [0.29, 0.717) is 12.8 Å². The second-order valence-electron chi connectivity index (χ2n) is 10.8. The minimum atomic E-state index is -4.76. The van der Waals surface area contributed by atoms with Gasteiger partial charge in [0.15, 0.2) is 6.10 Å². The monoisotopic (exact) mass is 650 g/mol. The standard InChI is InChI=1S/C36H59O8P/c1-3-5-7-9-11-13-14-15-16-17-18-19-20-21-22-23-25-27-29-31-36(38)44-34(33-43-45(39,40)41)32-42-35(37)30-28-26-24-12-10-8-6-4-2/h5,7,11,13,15-16,18-19,21-22,25,27,34H,3-4,6,8-10,12,14,17,20,23-24,26,28-33H2,1-2H3,(H2,39,40,41)/b7-5-,13-11-,16-15-,19-18-,22-21-,27-25-. The van der Waals surface area contributed by atoms with Gasteiger partial charge in [-0.1, -0.05) is 132 Å². The summed E-state index contributed by atoms with van der Waals surface area (Å²) < 4.78 is 26.1. The number of phosphoric acid groups is 1. The number of phosphoric ester groups is 1. The van der Waals surface area contributed by atoms with Crippen LogP contribution >= 0.6 is 7.82 Å². The molecule has 0 spiro atoms. The Kier molecular flexibility index (Phi) is 29.7. The first-order valence-corrected chi connectivity index (χ1v) is 18.3. The third kappa shape index (κ3) is 34.2. The molecule has 0 aliphatic heterocycles. The molecule has 0 aliphatic carbocycles. The fraction of sp³-hybridized carbons (Fsp3) is 0.611. The van der Waals surface area contributed by atoms with Crippen molar-refractivity contribution in [1.82, 2.24) is 0 Å². The summed E-state index contributed by atoms with van der Waals surface area (Å²) in [6.07, 6.45) is 39.4. The van der Waals surface area contributed by atoms with E-state index in [0.717, 1.165) is 57.8 Å². The quantitative estimate of drug-likeness (QED) is 0.0356. The van der Waals surface area contributed by atoms with Gasteiger partial charge < -0.3 is 19.3 Å². The van der Waals surface area contributed by atoms with Crippen LogP contribution in [-0.4, -0.2) is 41.0 Å². The van der Waals surface area contributed by atoms with Gasteiger partial charge in [-0.2, -0.15) is 0 Å². The van der Waals surface area contributed by atoms with E-state index in [1.165, 1.54) is 25.7 Å². The van der Waals surface area contributed by atoms with Gasteiger partial charge >= 0.3 is 19.8 Å². The lowest BCUT2D eigenvalue weighted by molar-refractivity contribution is -0.161. The summed E-state index contributed by atoms with van der Waals surface area (Å²) in [5, 5.41) is 0. The Morgan fingerprint density at radius 1 is 0.600 bits per heavy atom. The molecule has 0 rings (SSSR count). The van der Waals surface area contributed by atoms with Crippen LogP contribution in [-0.2, 0) is 28.2 Å².